The lowest BCUT2D eigenvalue weighted by Crippen LogP contribution is -2.38. The molecule has 0 unspecified atom stereocenters. The van der Waals surface area contributed by atoms with Gasteiger partial charge < -0.3 is 10.1 Å². The highest BCUT2D eigenvalue weighted by Gasteiger charge is 2.15. The first kappa shape index (κ1) is 18.1. The van der Waals surface area contributed by atoms with Crippen molar-refractivity contribution in [2.24, 2.45) is 0 Å². The Morgan fingerprint density at radius 2 is 1.58 bits per heavy atom. The summed E-state index contributed by atoms with van der Waals surface area (Å²) in [6.07, 6.45) is 0.186. The molecule has 0 spiro atoms. The maximum absolute atomic E-state index is 12.0. The van der Waals surface area contributed by atoms with Crippen LogP contribution < -0.4 is 5.32 Å². The third-order valence-electron chi connectivity index (χ3n) is 3.35. The van der Waals surface area contributed by atoms with Crippen LogP contribution in [0.25, 0.3) is 0 Å². The monoisotopic (exact) mass is 343 g/mol. The molecule has 2 aromatic carbocycles. The Balaban J connectivity index is 1.88. The first-order chi connectivity index (χ1) is 11.6. The van der Waals surface area contributed by atoms with Crippen molar-refractivity contribution in [1.29, 1.82) is 0 Å². The van der Waals surface area contributed by atoms with Gasteiger partial charge in [-0.05, 0) is 17.5 Å². The highest BCUT2D eigenvalue weighted by Crippen LogP contribution is 2.10. The molecule has 0 saturated carbocycles. The molecule has 126 valence electrons. The van der Waals surface area contributed by atoms with Crippen molar-refractivity contribution in [1.82, 2.24) is 5.32 Å². The average molecular weight is 343 g/mol. The van der Waals surface area contributed by atoms with Gasteiger partial charge in [0.05, 0.1) is 0 Å². The molecular weight excluding hydrogens is 322 g/mol. The van der Waals surface area contributed by atoms with Crippen molar-refractivity contribution in [3.8, 4) is 0 Å². The van der Waals surface area contributed by atoms with Gasteiger partial charge in [-0.15, -0.1) is 0 Å². The summed E-state index contributed by atoms with van der Waals surface area (Å²) in [5.74, 6) is 0.519. The molecule has 2 rings (SSSR count). The van der Waals surface area contributed by atoms with Crippen molar-refractivity contribution in [3.05, 3.63) is 71.8 Å². The predicted molar refractivity (Wildman–Crippen MR) is 96.8 cm³/mol. The summed E-state index contributed by atoms with van der Waals surface area (Å²) >= 11 is 1.21. The average Bonchev–Trinajstić information content (AvgIpc) is 2.60. The summed E-state index contributed by atoms with van der Waals surface area (Å²) in [5, 5.41) is 2.89. The number of carbonyl (C=O) groups excluding carboxylic acids is 2. The van der Waals surface area contributed by atoms with Crippen LogP contribution in [0.3, 0.4) is 0 Å². The first-order valence-corrected chi connectivity index (χ1v) is 8.76. The van der Waals surface area contributed by atoms with Crippen LogP contribution in [0.1, 0.15) is 18.1 Å². The van der Waals surface area contributed by atoms with E-state index < -0.39 is 6.09 Å². The number of thioether (sulfide) groups is 1. The Morgan fingerprint density at radius 1 is 1.00 bits per heavy atom. The molecular formula is C19H21NO3S. The molecule has 0 saturated heterocycles. The molecule has 5 heteroatoms. The van der Waals surface area contributed by atoms with E-state index >= 15 is 0 Å². The molecule has 0 aromatic heterocycles. The molecule has 1 atom stereocenters. The normalized spacial score (nSPS) is 11.5. The van der Waals surface area contributed by atoms with Crippen molar-refractivity contribution < 1.29 is 14.3 Å². The van der Waals surface area contributed by atoms with Crippen molar-refractivity contribution in [2.45, 2.75) is 26.0 Å². The highest BCUT2D eigenvalue weighted by molar-refractivity contribution is 8.13. The zero-order valence-corrected chi connectivity index (χ0v) is 14.4. The molecule has 0 aliphatic rings. The van der Waals surface area contributed by atoms with E-state index in [-0.39, 0.29) is 17.8 Å². The van der Waals surface area contributed by atoms with Gasteiger partial charge in [-0.25, -0.2) is 4.79 Å². The van der Waals surface area contributed by atoms with E-state index in [2.05, 4.69) is 5.32 Å². The molecule has 4 nitrogen and oxygen atoms in total. The van der Waals surface area contributed by atoms with Crippen molar-refractivity contribution in [2.75, 3.05) is 5.75 Å². The number of rotatable bonds is 7. The molecule has 0 radical (unpaired) electrons. The SMILES string of the molecule is CC(=O)SC[C@H](Cc1ccccc1)NC(=O)OCc1ccccc1. The second kappa shape index (κ2) is 9.78. The maximum Gasteiger partial charge on any atom is 0.407 e. The third-order valence-corrected chi connectivity index (χ3v) is 4.32. The topological polar surface area (TPSA) is 55.4 Å². The highest BCUT2D eigenvalue weighted by atomic mass is 32.2. The number of hydrogen-bond donors (Lipinski definition) is 1. The van der Waals surface area contributed by atoms with Crippen LogP contribution in [0.5, 0.6) is 0 Å². The van der Waals surface area contributed by atoms with Crippen LogP contribution in [0, 0.1) is 0 Å². The molecule has 1 N–H and O–H groups in total. The first-order valence-electron chi connectivity index (χ1n) is 7.78. The number of carbonyl (C=O) groups is 2. The minimum Gasteiger partial charge on any atom is -0.445 e. The fraction of sp³-hybridized carbons (Fsp3) is 0.263. The maximum atomic E-state index is 12.0. The Morgan fingerprint density at radius 3 is 2.17 bits per heavy atom. The van der Waals surface area contributed by atoms with Gasteiger partial charge in [0.1, 0.15) is 6.61 Å². The molecule has 2 aromatic rings. The standard InChI is InChI=1S/C19H21NO3S/c1-15(21)24-14-18(12-16-8-4-2-5-9-16)20-19(22)23-13-17-10-6-3-7-11-17/h2-11,18H,12-14H2,1H3,(H,20,22)/t18-/m0/s1. The van der Waals surface area contributed by atoms with Gasteiger partial charge in [0, 0.05) is 18.7 Å². The lowest BCUT2D eigenvalue weighted by Gasteiger charge is -2.18. The molecule has 0 aliphatic heterocycles. The summed E-state index contributed by atoms with van der Waals surface area (Å²) < 4.78 is 5.26. The van der Waals surface area contributed by atoms with Crippen molar-refractivity contribution >= 4 is 23.0 Å². The second-order valence-corrected chi connectivity index (χ2v) is 6.59. The third kappa shape index (κ3) is 6.87. The number of nitrogens with one attached hydrogen (secondary N) is 1. The Kier molecular flexibility index (Phi) is 7.36. The fourth-order valence-corrected chi connectivity index (χ4v) is 2.84. The molecule has 0 bridgehead atoms. The van der Waals surface area contributed by atoms with Gasteiger partial charge in [0.25, 0.3) is 0 Å². The van der Waals surface area contributed by atoms with Crippen LogP contribution in [0.4, 0.5) is 4.79 Å². The van der Waals surface area contributed by atoms with Crippen LogP contribution >= 0.6 is 11.8 Å². The molecule has 0 fully saturated rings. The predicted octanol–water partition coefficient (Wildman–Crippen LogP) is 3.80. The zero-order valence-electron chi connectivity index (χ0n) is 13.6. The lowest BCUT2D eigenvalue weighted by atomic mass is 10.1. The summed E-state index contributed by atoms with van der Waals surface area (Å²) in [5.41, 5.74) is 2.04. The van der Waals surface area contributed by atoms with E-state index in [1.54, 1.807) is 0 Å². The molecule has 24 heavy (non-hydrogen) atoms. The van der Waals surface area contributed by atoms with E-state index in [0.29, 0.717) is 12.2 Å². The summed E-state index contributed by atoms with van der Waals surface area (Å²) in [4.78, 5) is 23.3. The summed E-state index contributed by atoms with van der Waals surface area (Å²) in [6.45, 7) is 1.75. The number of alkyl carbamates (subject to hydrolysis) is 1. The van der Waals surface area contributed by atoms with E-state index in [1.807, 2.05) is 60.7 Å². The Labute approximate surface area is 146 Å². The van der Waals surface area contributed by atoms with Crippen LogP contribution in [-0.4, -0.2) is 23.0 Å². The van der Waals surface area contributed by atoms with Crippen molar-refractivity contribution in [3.63, 3.8) is 0 Å². The molecule has 0 aliphatic carbocycles. The number of ether oxygens (including phenoxy) is 1. The number of hydrogen-bond acceptors (Lipinski definition) is 4. The minimum absolute atomic E-state index is 0.0347. The number of benzene rings is 2. The smallest absolute Gasteiger partial charge is 0.407 e. The molecule has 0 heterocycles. The fourth-order valence-electron chi connectivity index (χ4n) is 2.20. The van der Waals surface area contributed by atoms with Gasteiger partial charge in [-0.1, -0.05) is 72.4 Å². The summed E-state index contributed by atoms with van der Waals surface area (Å²) in [6, 6.07) is 19.2. The largest absolute Gasteiger partial charge is 0.445 e. The van der Waals surface area contributed by atoms with Gasteiger partial charge in [-0.2, -0.15) is 0 Å². The van der Waals surface area contributed by atoms with Gasteiger partial charge in [0.15, 0.2) is 5.12 Å². The minimum atomic E-state index is -0.469. The van der Waals surface area contributed by atoms with Crippen LogP contribution in [0.2, 0.25) is 0 Å². The quantitative estimate of drug-likeness (QED) is 0.831. The lowest BCUT2D eigenvalue weighted by molar-refractivity contribution is -0.109. The Bertz CT molecular complexity index is 646. The second-order valence-electron chi connectivity index (χ2n) is 5.40. The zero-order chi connectivity index (χ0) is 17.2. The van der Waals surface area contributed by atoms with Crippen LogP contribution in [0.15, 0.2) is 60.7 Å². The van der Waals surface area contributed by atoms with E-state index in [0.717, 1.165) is 11.1 Å². The van der Waals surface area contributed by atoms with E-state index in [4.69, 9.17) is 4.74 Å². The molecule has 1 amide bonds. The van der Waals surface area contributed by atoms with Gasteiger partial charge in [0.2, 0.25) is 0 Å². The van der Waals surface area contributed by atoms with E-state index in [1.165, 1.54) is 18.7 Å². The number of amides is 1. The van der Waals surface area contributed by atoms with E-state index in [9.17, 15) is 9.59 Å². The van der Waals surface area contributed by atoms with Gasteiger partial charge >= 0.3 is 6.09 Å². The van der Waals surface area contributed by atoms with Gasteiger partial charge in [-0.3, -0.25) is 4.79 Å². The van der Waals surface area contributed by atoms with Crippen LogP contribution in [-0.2, 0) is 22.6 Å². The summed E-state index contributed by atoms with van der Waals surface area (Å²) in [7, 11) is 0. The Hall–Kier alpha value is -2.27.